The lowest BCUT2D eigenvalue weighted by molar-refractivity contribution is -0.121. The first-order chi connectivity index (χ1) is 8.04. The fraction of sp³-hybridized carbons (Fsp3) is 0.533. The van der Waals surface area contributed by atoms with E-state index in [4.69, 9.17) is 5.73 Å². The molecule has 1 aromatic carbocycles. The number of benzene rings is 1. The van der Waals surface area contributed by atoms with Gasteiger partial charge in [-0.15, -0.1) is 0 Å². The maximum absolute atomic E-state index is 12.0. The second kappa shape index (κ2) is 6.55. The molecule has 0 spiro atoms. The predicted molar refractivity (Wildman–Crippen MR) is 72.1 cm³/mol. The maximum atomic E-state index is 12.0. The summed E-state index contributed by atoms with van der Waals surface area (Å²) in [6.07, 6.45) is 2.39. The van der Waals surface area contributed by atoms with Crippen molar-refractivity contribution in [2.24, 2.45) is 11.7 Å². The van der Waals surface area contributed by atoms with Crippen molar-refractivity contribution in [2.75, 3.05) is 6.54 Å². The van der Waals surface area contributed by atoms with Gasteiger partial charge in [0, 0.05) is 12.3 Å². The minimum atomic E-state index is 0.124. The number of rotatable bonds is 6. The van der Waals surface area contributed by atoms with Crippen LogP contribution in [0.5, 0.6) is 0 Å². The molecule has 1 rings (SSSR count). The van der Waals surface area contributed by atoms with Gasteiger partial charge in [-0.3, -0.25) is 4.79 Å². The van der Waals surface area contributed by atoms with Crippen LogP contribution < -0.4 is 5.73 Å². The van der Waals surface area contributed by atoms with Crippen molar-refractivity contribution < 1.29 is 4.79 Å². The summed E-state index contributed by atoms with van der Waals surface area (Å²) in [5, 5.41) is 0. The molecule has 1 atom stereocenters. The van der Waals surface area contributed by atoms with Gasteiger partial charge in [-0.2, -0.15) is 0 Å². The molecule has 1 aromatic rings. The Kier molecular flexibility index (Phi) is 5.36. The van der Waals surface area contributed by atoms with Gasteiger partial charge in [0.15, 0.2) is 0 Å². The predicted octanol–water partition coefficient (Wildman–Crippen LogP) is 2.79. The number of carbonyl (C=O) groups excluding carboxylic acids is 1. The van der Waals surface area contributed by atoms with Crippen LogP contribution in [0.25, 0.3) is 0 Å². The van der Waals surface area contributed by atoms with Gasteiger partial charge in [-0.25, -0.2) is 0 Å². The Hall–Kier alpha value is -1.15. The number of hydrogen-bond donors (Lipinski definition) is 1. The summed E-state index contributed by atoms with van der Waals surface area (Å²) < 4.78 is 0. The van der Waals surface area contributed by atoms with E-state index in [1.165, 1.54) is 11.1 Å². The number of hydrogen-bond acceptors (Lipinski definition) is 2. The minimum Gasteiger partial charge on any atom is -0.330 e. The molecule has 0 aliphatic rings. The Morgan fingerprint density at radius 2 is 2.06 bits per heavy atom. The average Bonchev–Trinajstić information content (AvgIpc) is 2.30. The zero-order valence-electron chi connectivity index (χ0n) is 11.1. The monoisotopic (exact) mass is 233 g/mol. The first-order valence-electron chi connectivity index (χ1n) is 6.33. The van der Waals surface area contributed by atoms with E-state index < -0.39 is 0 Å². The highest BCUT2D eigenvalue weighted by Gasteiger charge is 2.13. The lowest BCUT2D eigenvalue weighted by atomic mass is 9.93. The fourth-order valence-electron chi connectivity index (χ4n) is 1.94. The molecule has 0 aliphatic carbocycles. The Morgan fingerprint density at radius 3 is 2.71 bits per heavy atom. The second-order valence-electron chi connectivity index (χ2n) is 4.90. The molecule has 0 bridgehead atoms. The highest BCUT2D eigenvalue weighted by atomic mass is 16.1. The number of carbonyl (C=O) groups is 1. The van der Waals surface area contributed by atoms with Crippen LogP contribution in [0.4, 0.5) is 0 Å². The van der Waals surface area contributed by atoms with Crippen molar-refractivity contribution in [2.45, 2.75) is 40.0 Å². The van der Waals surface area contributed by atoms with Crippen molar-refractivity contribution in [3.05, 3.63) is 34.9 Å². The van der Waals surface area contributed by atoms with E-state index in [0.29, 0.717) is 18.7 Å². The quantitative estimate of drug-likeness (QED) is 0.821. The summed E-state index contributed by atoms with van der Waals surface area (Å²) >= 11 is 0. The first-order valence-corrected chi connectivity index (χ1v) is 6.33. The van der Waals surface area contributed by atoms with E-state index in [1.54, 1.807) is 0 Å². The third-order valence-electron chi connectivity index (χ3n) is 3.26. The van der Waals surface area contributed by atoms with Gasteiger partial charge in [0.25, 0.3) is 0 Å². The zero-order chi connectivity index (χ0) is 12.8. The van der Waals surface area contributed by atoms with Crippen molar-refractivity contribution in [1.29, 1.82) is 0 Å². The summed E-state index contributed by atoms with van der Waals surface area (Å²) in [7, 11) is 0. The van der Waals surface area contributed by atoms with Crippen LogP contribution in [0, 0.1) is 19.8 Å². The lowest BCUT2D eigenvalue weighted by Crippen LogP contribution is -2.15. The molecule has 17 heavy (non-hydrogen) atoms. The summed E-state index contributed by atoms with van der Waals surface area (Å²) in [6, 6.07) is 6.28. The smallest absolute Gasteiger partial charge is 0.140 e. The van der Waals surface area contributed by atoms with Gasteiger partial charge in [-0.05, 0) is 44.4 Å². The van der Waals surface area contributed by atoms with E-state index in [1.807, 2.05) is 6.92 Å². The molecule has 0 fully saturated rings. The molecule has 0 aromatic heterocycles. The van der Waals surface area contributed by atoms with Crippen molar-refractivity contribution in [1.82, 2.24) is 0 Å². The minimum absolute atomic E-state index is 0.124. The molecular weight excluding hydrogens is 210 g/mol. The molecule has 94 valence electrons. The fourth-order valence-corrected chi connectivity index (χ4v) is 1.94. The highest BCUT2D eigenvalue weighted by Crippen LogP contribution is 2.15. The standard InChI is InChI=1S/C15H23NO/c1-11-6-7-12(2)14(9-11)10-15(17)13(3)5-4-8-16/h6-7,9,13H,4-5,8,10,16H2,1-3H3. The number of nitrogens with two attached hydrogens (primary N) is 1. The average molecular weight is 233 g/mol. The molecule has 0 saturated heterocycles. The SMILES string of the molecule is Cc1ccc(C)c(CC(=O)C(C)CCCN)c1. The molecule has 0 saturated carbocycles. The number of Topliss-reactive ketones (excluding diaryl/α,β-unsaturated/α-hetero) is 1. The lowest BCUT2D eigenvalue weighted by Gasteiger charge is -2.11. The second-order valence-corrected chi connectivity index (χ2v) is 4.90. The molecular formula is C15H23NO. The van der Waals surface area contributed by atoms with Crippen molar-refractivity contribution in [3.63, 3.8) is 0 Å². The number of ketones is 1. The van der Waals surface area contributed by atoms with Gasteiger partial charge < -0.3 is 5.73 Å². The Balaban J connectivity index is 2.64. The van der Waals surface area contributed by atoms with Crippen LogP contribution in [-0.2, 0) is 11.2 Å². The van der Waals surface area contributed by atoms with Gasteiger partial charge in [0.05, 0.1) is 0 Å². The number of aryl methyl sites for hydroxylation is 2. The van der Waals surface area contributed by atoms with Crippen LogP contribution in [-0.4, -0.2) is 12.3 Å². The summed E-state index contributed by atoms with van der Waals surface area (Å²) in [6.45, 7) is 6.79. The van der Waals surface area contributed by atoms with E-state index >= 15 is 0 Å². The van der Waals surface area contributed by atoms with Crippen molar-refractivity contribution >= 4 is 5.78 Å². The Morgan fingerprint density at radius 1 is 1.35 bits per heavy atom. The van der Waals surface area contributed by atoms with Crippen LogP contribution in [0.1, 0.15) is 36.5 Å². The molecule has 2 nitrogen and oxygen atoms in total. The summed E-state index contributed by atoms with van der Waals surface area (Å²) in [5.41, 5.74) is 9.04. The summed E-state index contributed by atoms with van der Waals surface area (Å²) in [4.78, 5) is 12.0. The van der Waals surface area contributed by atoms with Crippen LogP contribution in [0.15, 0.2) is 18.2 Å². The van der Waals surface area contributed by atoms with Crippen LogP contribution in [0.2, 0.25) is 0 Å². The van der Waals surface area contributed by atoms with Gasteiger partial charge in [0.1, 0.15) is 5.78 Å². The molecule has 1 unspecified atom stereocenters. The first kappa shape index (κ1) is 13.9. The normalized spacial score (nSPS) is 12.5. The maximum Gasteiger partial charge on any atom is 0.140 e. The molecule has 0 amide bonds. The van der Waals surface area contributed by atoms with E-state index in [0.717, 1.165) is 18.4 Å². The van der Waals surface area contributed by atoms with Crippen LogP contribution >= 0.6 is 0 Å². The molecule has 2 heteroatoms. The van der Waals surface area contributed by atoms with E-state index in [-0.39, 0.29) is 5.92 Å². The van der Waals surface area contributed by atoms with Gasteiger partial charge in [0.2, 0.25) is 0 Å². The molecule has 0 heterocycles. The van der Waals surface area contributed by atoms with E-state index in [9.17, 15) is 4.79 Å². The zero-order valence-corrected chi connectivity index (χ0v) is 11.1. The molecule has 0 aliphatic heterocycles. The van der Waals surface area contributed by atoms with E-state index in [2.05, 4.69) is 32.0 Å². The van der Waals surface area contributed by atoms with Gasteiger partial charge in [-0.1, -0.05) is 30.7 Å². The molecule has 2 N–H and O–H groups in total. The Bertz CT molecular complexity index is 385. The third-order valence-corrected chi connectivity index (χ3v) is 3.26. The summed E-state index contributed by atoms with van der Waals surface area (Å²) in [5.74, 6) is 0.450. The molecule has 0 radical (unpaired) electrons. The van der Waals surface area contributed by atoms with Crippen molar-refractivity contribution in [3.8, 4) is 0 Å². The topological polar surface area (TPSA) is 43.1 Å². The Labute approximate surface area is 104 Å². The largest absolute Gasteiger partial charge is 0.330 e. The third kappa shape index (κ3) is 4.31. The van der Waals surface area contributed by atoms with Gasteiger partial charge >= 0.3 is 0 Å². The highest BCUT2D eigenvalue weighted by molar-refractivity contribution is 5.83. The van der Waals surface area contributed by atoms with Crippen LogP contribution in [0.3, 0.4) is 0 Å².